The zero-order valence-electron chi connectivity index (χ0n) is 13.6. The molecule has 2 rings (SSSR count). The summed E-state index contributed by atoms with van der Waals surface area (Å²) in [6.07, 6.45) is 1.38. The number of hydrogen-bond donors (Lipinski definition) is 0. The maximum atomic E-state index is 12.5. The Hall–Kier alpha value is -3.20. The van der Waals surface area contributed by atoms with E-state index in [2.05, 4.69) is 4.74 Å². The molecule has 25 heavy (non-hydrogen) atoms. The summed E-state index contributed by atoms with van der Waals surface area (Å²) in [5.41, 5.74) is 1.57. The number of methoxy groups -OCH3 is 1. The number of carbonyl (C=O) groups excluding carboxylic acids is 1. The number of Topliss-reactive ketones (excluding diaryl/α,β-unsaturated/α-hetero) is 1. The van der Waals surface area contributed by atoms with Crippen LogP contribution in [0.3, 0.4) is 0 Å². The Bertz CT molecular complexity index is 854. The van der Waals surface area contributed by atoms with Gasteiger partial charge in [-0.2, -0.15) is 14.0 Å². The van der Waals surface area contributed by atoms with E-state index in [-0.39, 0.29) is 17.1 Å². The first-order valence-corrected chi connectivity index (χ1v) is 7.31. The van der Waals surface area contributed by atoms with Crippen LogP contribution < -0.4 is 9.47 Å². The number of aryl methyl sites for hydroxylation is 1. The van der Waals surface area contributed by atoms with E-state index in [1.807, 2.05) is 6.07 Å². The van der Waals surface area contributed by atoms with Crippen LogP contribution in [0.25, 0.3) is 6.08 Å². The number of halogens is 2. The van der Waals surface area contributed by atoms with Gasteiger partial charge < -0.3 is 9.47 Å². The van der Waals surface area contributed by atoms with E-state index < -0.39 is 12.4 Å². The van der Waals surface area contributed by atoms with Crippen LogP contribution in [0, 0.1) is 18.3 Å². The van der Waals surface area contributed by atoms with Gasteiger partial charge in [0.2, 0.25) is 5.78 Å². The molecule has 128 valence electrons. The zero-order valence-corrected chi connectivity index (χ0v) is 13.6. The van der Waals surface area contributed by atoms with Crippen molar-refractivity contribution in [1.82, 2.24) is 0 Å². The van der Waals surface area contributed by atoms with Gasteiger partial charge in [0.1, 0.15) is 11.6 Å². The van der Waals surface area contributed by atoms with Gasteiger partial charge in [0, 0.05) is 5.56 Å². The van der Waals surface area contributed by atoms with Gasteiger partial charge in [-0.15, -0.1) is 0 Å². The predicted molar refractivity (Wildman–Crippen MR) is 88.7 cm³/mol. The first-order valence-electron chi connectivity index (χ1n) is 7.31. The summed E-state index contributed by atoms with van der Waals surface area (Å²) in [7, 11) is 1.31. The Balaban J connectivity index is 2.38. The normalized spacial score (nSPS) is 11.1. The van der Waals surface area contributed by atoms with Crippen molar-refractivity contribution >= 4 is 11.9 Å². The maximum absolute atomic E-state index is 12.5. The highest BCUT2D eigenvalue weighted by Gasteiger charge is 2.15. The summed E-state index contributed by atoms with van der Waals surface area (Å²) < 4.78 is 34.1. The lowest BCUT2D eigenvalue weighted by atomic mass is 9.98. The average Bonchev–Trinajstić information content (AvgIpc) is 2.60. The van der Waals surface area contributed by atoms with Crippen LogP contribution in [0.1, 0.15) is 21.5 Å². The molecule has 6 heteroatoms. The summed E-state index contributed by atoms with van der Waals surface area (Å²) in [5.74, 6) is -0.458. The molecule has 0 fully saturated rings. The van der Waals surface area contributed by atoms with Gasteiger partial charge in [-0.3, -0.25) is 4.79 Å². The fourth-order valence-electron chi connectivity index (χ4n) is 2.26. The standard InChI is InChI=1S/C19H15F2NO3/c1-12-5-3-4-6-15(12)18(23)14(11-22)9-13-7-8-16(25-19(20)21)17(10-13)24-2/h3-10,19H,1-2H3/b14-9+. The molecular weight excluding hydrogens is 328 g/mol. The van der Waals surface area contributed by atoms with Crippen LogP contribution in [0.2, 0.25) is 0 Å². The molecule has 0 aromatic heterocycles. The SMILES string of the molecule is COc1cc(/C=C(\C#N)C(=O)c2ccccc2C)ccc1OC(F)F. The lowest BCUT2D eigenvalue weighted by molar-refractivity contribution is -0.0512. The number of carbonyl (C=O) groups is 1. The molecule has 0 N–H and O–H groups in total. The molecule has 4 nitrogen and oxygen atoms in total. The van der Waals surface area contributed by atoms with E-state index in [0.717, 1.165) is 5.56 Å². The van der Waals surface area contributed by atoms with Gasteiger partial charge in [-0.05, 0) is 36.3 Å². The first-order chi connectivity index (χ1) is 12.0. The fraction of sp³-hybridized carbons (Fsp3) is 0.158. The number of alkyl halides is 2. The van der Waals surface area contributed by atoms with E-state index in [4.69, 9.17) is 4.74 Å². The molecule has 0 aliphatic carbocycles. The number of benzene rings is 2. The lowest BCUT2D eigenvalue weighted by Crippen LogP contribution is -2.05. The van der Waals surface area contributed by atoms with E-state index in [0.29, 0.717) is 11.1 Å². The number of ketones is 1. The van der Waals surface area contributed by atoms with Gasteiger partial charge in [0.25, 0.3) is 0 Å². The molecule has 0 bridgehead atoms. The summed E-state index contributed by atoms with van der Waals surface area (Å²) in [6.45, 7) is -1.20. The van der Waals surface area contributed by atoms with Crippen LogP contribution in [-0.4, -0.2) is 19.5 Å². The quantitative estimate of drug-likeness (QED) is 0.443. The Kier molecular flexibility index (Phi) is 5.85. The van der Waals surface area contributed by atoms with Gasteiger partial charge in [0.05, 0.1) is 7.11 Å². The molecule has 0 amide bonds. The lowest BCUT2D eigenvalue weighted by Gasteiger charge is -2.10. The molecule has 0 unspecified atom stereocenters. The number of ether oxygens (including phenoxy) is 2. The third-order valence-corrected chi connectivity index (χ3v) is 3.47. The number of allylic oxidation sites excluding steroid dienone is 1. The van der Waals surface area contributed by atoms with Crippen molar-refractivity contribution in [1.29, 1.82) is 5.26 Å². The van der Waals surface area contributed by atoms with Crippen molar-refractivity contribution in [3.05, 3.63) is 64.7 Å². The smallest absolute Gasteiger partial charge is 0.387 e. The second kappa shape index (κ2) is 8.06. The fourth-order valence-corrected chi connectivity index (χ4v) is 2.26. The topological polar surface area (TPSA) is 59.3 Å². The van der Waals surface area contributed by atoms with Crippen LogP contribution >= 0.6 is 0 Å². The number of nitrogens with zero attached hydrogens (tertiary/aromatic N) is 1. The predicted octanol–water partition coefficient (Wildman–Crippen LogP) is 4.39. The molecule has 0 spiro atoms. The Morgan fingerprint density at radius 1 is 1.20 bits per heavy atom. The summed E-state index contributed by atoms with van der Waals surface area (Å²) >= 11 is 0. The molecule has 0 aliphatic heterocycles. The van der Waals surface area contributed by atoms with Gasteiger partial charge >= 0.3 is 6.61 Å². The van der Waals surface area contributed by atoms with Crippen LogP contribution in [0.15, 0.2) is 48.0 Å². The van der Waals surface area contributed by atoms with E-state index in [9.17, 15) is 18.8 Å². The molecule has 0 heterocycles. The Labute approximate surface area is 143 Å². The number of hydrogen-bond acceptors (Lipinski definition) is 4. The number of rotatable bonds is 6. The summed E-state index contributed by atoms with van der Waals surface area (Å²) in [4.78, 5) is 12.5. The third-order valence-electron chi connectivity index (χ3n) is 3.47. The van der Waals surface area contributed by atoms with Crippen LogP contribution in [0.5, 0.6) is 11.5 Å². The Morgan fingerprint density at radius 2 is 1.92 bits per heavy atom. The minimum absolute atomic E-state index is 0.0705. The second-order valence-corrected chi connectivity index (χ2v) is 5.10. The third kappa shape index (κ3) is 4.42. The molecule has 0 aliphatic rings. The van der Waals surface area contributed by atoms with Crippen molar-refractivity contribution < 1.29 is 23.0 Å². The maximum Gasteiger partial charge on any atom is 0.387 e. The highest BCUT2D eigenvalue weighted by molar-refractivity contribution is 6.14. The van der Waals surface area contributed by atoms with E-state index in [1.165, 1.54) is 31.4 Å². The molecule has 2 aromatic carbocycles. The average molecular weight is 343 g/mol. The zero-order chi connectivity index (χ0) is 18.4. The summed E-state index contributed by atoms with van der Waals surface area (Å²) in [5, 5.41) is 9.32. The van der Waals surface area contributed by atoms with E-state index >= 15 is 0 Å². The minimum atomic E-state index is -2.98. The molecule has 0 atom stereocenters. The molecule has 0 radical (unpaired) electrons. The Morgan fingerprint density at radius 3 is 2.52 bits per heavy atom. The number of nitriles is 1. The van der Waals surface area contributed by atoms with Crippen molar-refractivity contribution in [2.45, 2.75) is 13.5 Å². The summed E-state index contributed by atoms with van der Waals surface area (Å²) in [6, 6.07) is 13.0. The van der Waals surface area contributed by atoms with Crippen molar-refractivity contribution in [3.63, 3.8) is 0 Å². The first kappa shape index (κ1) is 18.1. The van der Waals surface area contributed by atoms with Gasteiger partial charge in [0.15, 0.2) is 11.5 Å². The molecule has 0 saturated carbocycles. The van der Waals surface area contributed by atoms with Crippen LogP contribution in [0.4, 0.5) is 8.78 Å². The van der Waals surface area contributed by atoms with Crippen LogP contribution in [-0.2, 0) is 0 Å². The van der Waals surface area contributed by atoms with Crippen molar-refractivity contribution in [2.75, 3.05) is 7.11 Å². The van der Waals surface area contributed by atoms with Crippen molar-refractivity contribution in [3.8, 4) is 17.6 Å². The van der Waals surface area contributed by atoms with E-state index in [1.54, 1.807) is 31.2 Å². The largest absolute Gasteiger partial charge is 0.493 e. The van der Waals surface area contributed by atoms with Crippen molar-refractivity contribution in [2.24, 2.45) is 0 Å². The molecule has 2 aromatic rings. The highest BCUT2D eigenvalue weighted by Crippen LogP contribution is 2.30. The highest BCUT2D eigenvalue weighted by atomic mass is 19.3. The molecule has 0 saturated heterocycles. The minimum Gasteiger partial charge on any atom is -0.493 e. The molecular formula is C19H15F2NO3. The van der Waals surface area contributed by atoms with Gasteiger partial charge in [-0.1, -0.05) is 30.3 Å². The second-order valence-electron chi connectivity index (χ2n) is 5.10. The van der Waals surface area contributed by atoms with Gasteiger partial charge in [-0.25, -0.2) is 0 Å². The monoisotopic (exact) mass is 343 g/mol.